The lowest BCUT2D eigenvalue weighted by atomic mass is 10.0. The highest BCUT2D eigenvalue weighted by Crippen LogP contribution is 2.23. The number of hydrogen-bond acceptors (Lipinski definition) is 6. The van der Waals surface area contributed by atoms with Gasteiger partial charge in [-0.1, -0.05) is 60.7 Å². The molecule has 4 aromatic rings. The maximum Gasteiger partial charge on any atom is 0.331 e. The summed E-state index contributed by atoms with van der Waals surface area (Å²) in [5.74, 6) is -1.13. The van der Waals surface area contributed by atoms with E-state index >= 15 is 0 Å². The number of urea groups is 1. The average molecular weight is 599 g/mol. The number of phenols is 1. The number of benzene rings is 4. The summed E-state index contributed by atoms with van der Waals surface area (Å²) < 4.78 is 13.3. The van der Waals surface area contributed by atoms with Crippen molar-refractivity contribution in [3.05, 3.63) is 107 Å². The molecule has 1 aliphatic heterocycles. The Morgan fingerprint density at radius 1 is 1.02 bits per heavy atom. The average Bonchev–Trinajstić information content (AvgIpc) is 3.07. The van der Waals surface area contributed by atoms with E-state index in [1.54, 1.807) is 41.2 Å². The Morgan fingerprint density at radius 2 is 1.75 bits per heavy atom. The highest BCUT2D eigenvalue weighted by Gasteiger charge is 2.31. The summed E-state index contributed by atoms with van der Waals surface area (Å²) in [5, 5.41) is 20.5. The Kier molecular flexibility index (Phi) is 9.25. The van der Waals surface area contributed by atoms with Gasteiger partial charge in [0.05, 0.1) is 12.2 Å². The van der Waals surface area contributed by atoms with Crippen LogP contribution in [0.5, 0.6) is 5.75 Å². The molecule has 44 heavy (non-hydrogen) atoms. The minimum atomic E-state index is -0.904. The zero-order valence-corrected chi connectivity index (χ0v) is 24.4. The van der Waals surface area contributed by atoms with Gasteiger partial charge in [0.15, 0.2) is 0 Å². The molecule has 0 bridgehead atoms. The first-order valence-corrected chi connectivity index (χ1v) is 14.3. The third-order valence-corrected chi connectivity index (χ3v) is 7.75. The number of amides is 4. The molecular weight excluding hydrogens is 563 g/mol. The Bertz CT molecular complexity index is 1660. The van der Waals surface area contributed by atoms with Crippen molar-refractivity contribution < 1.29 is 23.9 Å². The van der Waals surface area contributed by atoms with Crippen LogP contribution in [0.25, 0.3) is 10.8 Å². The Hall–Kier alpha value is -5.16. The fourth-order valence-electron chi connectivity index (χ4n) is 5.29. The first kappa shape index (κ1) is 30.3. The number of rotatable bonds is 7. The molecule has 11 heteroatoms. The van der Waals surface area contributed by atoms with Crippen LogP contribution in [-0.2, 0) is 29.1 Å². The number of carbonyl (C=O) groups excluding carboxylic acids is 3. The van der Waals surface area contributed by atoms with Crippen molar-refractivity contribution in [1.29, 1.82) is 0 Å². The molecule has 1 saturated heterocycles. The van der Waals surface area contributed by atoms with Gasteiger partial charge in [0.1, 0.15) is 17.6 Å². The Morgan fingerprint density at radius 3 is 2.52 bits per heavy atom. The molecule has 0 unspecified atom stereocenters. The molecule has 5 N–H and O–H groups in total. The van der Waals surface area contributed by atoms with E-state index in [4.69, 9.17) is 5.73 Å². The van der Waals surface area contributed by atoms with Crippen LogP contribution in [0.15, 0.2) is 84.9 Å². The van der Waals surface area contributed by atoms with E-state index in [0.717, 1.165) is 21.9 Å². The van der Waals surface area contributed by atoms with Crippen molar-refractivity contribution in [3.8, 4) is 5.75 Å². The summed E-state index contributed by atoms with van der Waals surface area (Å²) >= 11 is 0. The van der Waals surface area contributed by atoms with Gasteiger partial charge in [0, 0.05) is 39.6 Å². The maximum absolute atomic E-state index is 14.1. The van der Waals surface area contributed by atoms with Crippen LogP contribution < -0.4 is 16.4 Å². The van der Waals surface area contributed by atoms with Crippen molar-refractivity contribution in [3.63, 3.8) is 0 Å². The molecule has 228 valence electrons. The van der Waals surface area contributed by atoms with E-state index in [0.29, 0.717) is 12.1 Å². The molecule has 0 aliphatic carbocycles. The van der Waals surface area contributed by atoms with Crippen molar-refractivity contribution in [2.24, 2.45) is 0 Å². The summed E-state index contributed by atoms with van der Waals surface area (Å²) in [6, 6.07) is 23.0. The lowest BCUT2D eigenvalue weighted by molar-refractivity contribution is -0.136. The molecule has 0 radical (unpaired) electrons. The number of aromatic hydroxyl groups is 1. The first-order chi connectivity index (χ1) is 21.2. The second-order valence-electron chi connectivity index (χ2n) is 10.8. The van der Waals surface area contributed by atoms with Crippen molar-refractivity contribution in [2.45, 2.75) is 25.6 Å². The Balaban J connectivity index is 1.39. The number of nitrogens with one attached hydrogen (secondary N) is 2. The molecule has 1 aliphatic rings. The molecule has 0 saturated carbocycles. The standard InChI is InChI=1S/C33H35FN6O4/c1-38(33(44)36-19-22-9-12-26(34)13-10-22)40-16-15-39(20-25-7-4-6-24-5-2-3-8-27(24)25)32(43)29(37-31(42)21-40)18-23-11-14-30(41)28(35)17-23/h2-14,17,29,41H,15-16,18-21,35H2,1H3,(H,36,44)(H,37,42)/t29-/m0/s1. The van der Waals surface area contributed by atoms with E-state index in [-0.39, 0.29) is 55.8 Å². The molecule has 4 amide bonds. The zero-order chi connectivity index (χ0) is 31.2. The second-order valence-corrected chi connectivity index (χ2v) is 10.8. The second kappa shape index (κ2) is 13.4. The van der Waals surface area contributed by atoms with Crippen LogP contribution in [-0.4, -0.2) is 70.6 Å². The third-order valence-electron chi connectivity index (χ3n) is 7.75. The van der Waals surface area contributed by atoms with Crippen LogP contribution in [0, 0.1) is 5.82 Å². The minimum absolute atomic E-state index is 0.0625. The van der Waals surface area contributed by atoms with E-state index in [9.17, 15) is 23.9 Å². The van der Waals surface area contributed by atoms with E-state index in [2.05, 4.69) is 10.6 Å². The molecular formula is C33H35FN6O4. The monoisotopic (exact) mass is 598 g/mol. The smallest absolute Gasteiger partial charge is 0.331 e. The lowest BCUT2D eigenvalue weighted by Gasteiger charge is -2.32. The zero-order valence-electron chi connectivity index (χ0n) is 24.4. The predicted octanol–water partition coefficient (Wildman–Crippen LogP) is 3.40. The number of carbonyl (C=O) groups is 3. The van der Waals surface area contributed by atoms with Gasteiger partial charge in [-0.2, -0.15) is 0 Å². The maximum atomic E-state index is 14.1. The van der Waals surface area contributed by atoms with Crippen LogP contribution in [0.1, 0.15) is 16.7 Å². The summed E-state index contributed by atoms with van der Waals surface area (Å²) in [5.41, 5.74) is 8.43. The number of anilines is 1. The topological polar surface area (TPSA) is 131 Å². The van der Waals surface area contributed by atoms with Crippen LogP contribution in [0.2, 0.25) is 0 Å². The largest absolute Gasteiger partial charge is 0.506 e. The van der Waals surface area contributed by atoms with Crippen molar-refractivity contribution in [1.82, 2.24) is 25.6 Å². The van der Waals surface area contributed by atoms with Gasteiger partial charge >= 0.3 is 6.03 Å². The Labute approximate surface area is 254 Å². The number of nitrogens with zero attached hydrogens (tertiary/aromatic N) is 3. The van der Waals surface area contributed by atoms with Crippen molar-refractivity contribution >= 4 is 34.3 Å². The molecule has 5 rings (SSSR count). The van der Waals surface area contributed by atoms with Crippen LogP contribution in [0.4, 0.5) is 14.9 Å². The molecule has 10 nitrogen and oxygen atoms in total. The summed E-state index contributed by atoms with van der Waals surface area (Å²) in [4.78, 5) is 42.1. The van der Waals surface area contributed by atoms with Crippen molar-refractivity contribution in [2.75, 3.05) is 32.4 Å². The number of hydrogen-bond donors (Lipinski definition) is 4. The SMILES string of the molecule is CN(C(=O)NCc1ccc(F)cc1)N1CCN(Cc2cccc3ccccc23)C(=O)[C@H](Cc2ccc(O)c(N)c2)NC(=O)C1. The first-order valence-electron chi connectivity index (χ1n) is 14.3. The molecule has 1 fully saturated rings. The normalized spacial score (nSPS) is 16.1. The molecule has 0 spiro atoms. The number of hydrazine groups is 1. The predicted molar refractivity (Wildman–Crippen MR) is 165 cm³/mol. The summed E-state index contributed by atoms with van der Waals surface area (Å²) in [6.07, 6.45) is 0.162. The number of halogens is 1. The van der Waals surface area contributed by atoms with Gasteiger partial charge in [-0.15, -0.1) is 0 Å². The number of fused-ring (bicyclic) bond motifs is 1. The highest BCUT2D eigenvalue weighted by atomic mass is 19.1. The van der Waals surface area contributed by atoms with Gasteiger partial charge in [-0.25, -0.2) is 14.2 Å². The van der Waals surface area contributed by atoms with E-state index < -0.39 is 18.0 Å². The van der Waals surface area contributed by atoms with Gasteiger partial charge in [-0.3, -0.25) is 14.6 Å². The fourth-order valence-corrected chi connectivity index (χ4v) is 5.29. The summed E-state index contributed by atoms with van der Waals surface area (Å²) in [7, 11) is 1.55. The highest BCUT2D eigenvalue weighted by molar-refractivity contribution is 5.90. The quantitative estimate of drug-likeness (QED) is 0.191. The molecule has 1 atom stereocenters. The molecule has 4 aromatic carbocycles. The van der Waals surface area contributed by atoms with Gasteiger partial charge in [0.25, 0.3) is 0 Å². The van der Waals surface area contributed by atoms with Gasteiger partial charge in [-0.05, 0) is 51.7 Å². The van der Waals surface area contributed by atoms with E-state index in [1.807, 2.05) is 42.5 Å². The fraction of sp³-hybridized carbons (Fsp3) is 0.242. The number of phenolic OH excluding ortho intramolecular Hbond substituents is 1. The number of nitrogens with two attached hydrogens (primary N) is 1. The van der Waals surface area contributed by atoms with Crippen LogP contribution in [0.3, 0.4) is 0 Å². The minimum Gasteiger partial charge on any atom is -0.506 e. The molecule has 0 aromatic heterocycles. The third kappa shape index (κ3) is 7.24. The molecule has 1 heterocycles. The lowest BCUT2D eigenvalue weighted by Crippen LogP contribution is -2.53. The van der Waals surface area contributed by atoms with Gasteiger partial charge in [0.2, 0.25) is 11.8 Å². The number of nitrogen functional groups attached to an aromatic ring is 1. The summed E-state index contributed by atoms with van der Waals surface area (Å²) in [6.45, 7) is 0.750. The van der Waals surface area contributed by atoms with E-state index in [1.165, 1.54) is 23.2 Å². The van der Waals surface area contributed by atoms with Crippen LogP contribution >= 0.6 is 0 Å². The van der Waals surface area contributed by atoms with Gasteiger partial charge < -0.3 is 26.4 Å².